The number of carbonyl (C=O) groups is 3. The molecule has 2 aromatic rings. The van der Waals surface area contributed by atoms with Gasteiger partial charge in [0, 0.05) is 49.6 Å². The first kappa shape index (κ1) is 21.3. The second kappa shape index (κ2) is 7.96. The van der Waals surface area contributed by atoms with Crippen molar-refractivity contribution in [1.29, 1.82) is 0 Å². The molecule has 1 N–H and O–H groups in total. The van der Waals surface area contributed by atoms with Gasteiger partial charge >= 0.3 is 0 Å². The van der Waals surface area contributed by atoms with E-state index in [0.717, 1.165) is 11.1 Å². The number of pyridine rings is 1. The lowest BCUT2D eigenvalue weighted by Crippen LogP contribution is -2.52. The third kappa shape index (κ3) is 4.02. The number of Topliss-reactive ketones (excluding diaryl/α,β-unsaturated/α-hetero) is 1. The van der Waals surface area contributed by atoms with Crippen LogP contribution in [0.1, 0.15) is 58.0 Å². The summed E-state index contributed by atoms with van der Waals surface area (Å²) in [5.74, 6) is 0.584. The van der Waals surface area contributed by atoms with Crippen LogP contribution in [0.3, 0.4) is 0 Å². The van der Waals surface area contributed by atoms with Gasteiger partial charge in [-0.25, -0.2) is 4.98 Å². The number of aromatic nitrogens is 1. The zero-order valence-corrected chi connectivity index (χ0v) is 18.5. The Morgan fingerprint density at radius 2 is 1.94 bits per heavy atom. The van der Waals surface area contributed by atoms with Gasteiger partial charge in [-0.15, -0.1) is 0 Å². The monoisotopic (exact) mass is 441 g/mol. The van der Waals surface area contributed by atoms with E-state index in [1.54, 1.807) is 17.0 Å². The highest BCUT2D eigenvalue weighted by molar-refractivity contribution is 6.32. The van der Waals surface area contributed by atoms with E-state index < -0.39 is 5.60 Å². The zero-order chi connectivity index (χ0) is 22.3. The van der Waals surface area contributed by atoms with E-state index in [1.807, 2.05) is 19.9 Å². The number of rotatable bonds is 2. The Kier molecular flexibility index (Phi) is 5.47. The maximum Gasteiger partial charge on any atom is 0.254 e. The molecule has 1 fully saturated rings. The van der Waals surface area contributed by atoms with Gasteiger partial charge < -0.3 is 15.0 Å². The Balaban J connectivity index is 1.49. The number of halogens is 1. The van der Waals surface area contributed by atoms with Crippen LogP contribution in [-0.4, -0.2) is 46.2 Å². The predicted molar refractivity (Wildman–Crippen MR) is 117 cm³/mol. The van der Waals surface area contributed by atoms with E-state index in [1.165, 1.54) is 13.1 Å². The van der Waals surface area contributed by atoms with Gasteiger partial charge in [-0.3, -0.25) is 14.4 Å². The van der Waals surface area contributed by atoms with Gasteiger partial charge in [0.2, 0.25) is 5.91 Å². The molecular weight excluding hydrogens is 418 g/mol. The van der Waals surface area contributed by atoms with Crippen molar-refractivity contribution < 1.29 is 19.1 Å². The number of fused-ring (bicyclic) bond motifs is 1. The molecule has 0 atom stereocenters. The first-order valence-corrected chi connectivity index (χ1v) is 10.6. The fourth-order valence-electron chi connectivity index (χ4n) is 4.39. The van der Waals surface area contributed by atoms with Crippen LogP contribution < -0.4 is 10.1 Å². The molecule has 31 heavy (non-hydrogen) atoms. The highest BCUT2D eigenvalue weighted by Gasteiger charge is 2.44. The molecule has 2 aliphatic heterocycles. The first-order chi connectivity index (χ1) is 14.7. The number of ketones is 1. The molecule has 0 saturated carbocycles. The van der Waals surface area contributed by atoms with Crippen LogP contribution in [0.5, 0.6) is 5.75 Å². The van der Waals surface area contributed by atoms with Crippen LogP contribution in [0.2, 0.25) is 5.02 Å². The van der Waals surface area contributed by atoms with E-state index in [-0.39, 0.29) is 24.0 Å². The largest absolute Gasteiger partial charge is 0.486 e. The van der Waals surface area contributed by atoms with Crippen molar-refractivity contribution in [2.45, 2.75) is 45.6 Å². The minimum Gasteiger partial charge on any atom is -0.486 e. The molecule has 162 valence electrons. The van der Waals surface area contributed by atoms with Crippen LogP contribution in [-0.2, 0) is 4.79 Å². The summed E-state index contributed by atoms with van der Waals surface area (Å²) in [4.78, 5) is 43.0. The van der Waals surface area contributed by atoms with Gasteiger partial charge in [-0.1, -0.05) is 11.6 Å². The summed E-state index contributed by atoms with van der Waals surface area (Å²) in [5, 5.41) is 3.19. The smallest absolute Gasteiger partial charge is 0.254 e. The molecule has 3 heterocycles. The molecule has 0 bridgehead atoms. The fraction of sp³-hybridized carbons (Fsp3) is 0.391. The molecule has 4 rings (SSSR count). The molecule has 1 saturated heterocycles. The van der Waals surface area contributed by atoms with Gasteiger partial charge in [0.15, 0.2) is 5.78 Å². The normalized spacial score (nSPS) is 17.2. The number of piperidine rings is 1. The standard InChI is InChI=1S/C23H24ClN3O4/c1-13-10-18-20(14(2)21(13)24)17(29)12-23(31-18)5-8-27(9-6-23)22(30)16-4-7-25-19(11-16)26-15(3)28/h4,7,10-11H,5-6,8-9,12H2,1-3H3,(H,25,26,28). The van der Waals surface area contributed by atoms with Crippen molar-refractivity contribution in [2.75, 3.05) is 18.4 Å². The van der Waals surface area contributed by atoms with Crippen molar-refractivity contribution in [1.82, 2.24) is 9.88 Å². The van der Waals surface area contributed by atoms with Crippen molar-refractivity contribution in [3.63, 3.8) is 0 Å². The van der Waals surface area contributed by atoms with Crippen LogP contribution >= 0.6 is 11.6 Å². The molecular formula is C23H24ClN3O4. The molecule has 1 aromatic heterocycles. The minimum absolute atomic E-state index is 0.0366. The summed E-state index contributed by atoms with van der Waals surface area (Å²) < 4.78 is 6.37. The summed E-state index contributed by atoms with van der Waals surface area (Å²) in [5.41, 5.74) is 2.07. The second-order valence-corrected chi connectivity index (χ2v) is 8.67. The molecule has 1 spiro atoms. The lowest BCUT2D eigenvalue weighted by atomic mass is 9.81. The van der Waals surface area contributed by atoms with E-state index in [9.17, 15) is 14.4 Å². The molecule has 7 nitrogen and oxygen atoms in total. The van der Waals surface area contributed by atoms with Gasteiger partial charge in [-0.05, 0) is 43.2 Å². The molecule has 0 radical (unpaired) electrons. The van der Waals surface area contributed by atoms with E-state index in [4.69, 9.17) is 16.3 Å². The number of ether oxygens (including phenoxy) is 1. The average Bonchev–Trinajstić information content (AvgIpc) is 2.71. The zero-order valence-electron chi connectivity index (χ0n) is 17.8. The lowest BCUT2D eigenvalue weighted by Gasteiger charge is -2.44. The predicted octanol–water partition coefficient (Wildman–Crippen LogP) is 3.95. The number of benzene rings is 1. The number of amides is 2. The Hall–Kier alpha value is -2.93. The molecule has 0 aliphatic carbocycles. The summed E-state index contributed by atoms with van der Waals surface area (Å²) in [6.07, 6.45) is 2.91. The van der Waals surface area contributed by atoms with Crippen LogP contribution in [0.4, 0.5) is 5.82 Å². The van der Waals surface area contributed by atoms with E-state index in [2.05, 4.69) is 10.3 Å². The quantitative estimate of drug-likeness (QED) is 0.762. The Bertz CT molecular complexity index is 1090. The van der Waals surface area contributed by atoms with Crippen molar-refractivity contribution in [3.8, 4) is 5.75 Å². The fourth-order valence-corrected chi connectivity index (χ4v) is 4.54. The number of anilines is 1. The third-order valence-corrected chi connectivity index (χ3v) is 6.59. The Morgan fingerprint density at radius 3 is 2.61 bits per heavy atom. The number of nitrogens with zero attached hydrogens (tertiary/aromatic N) is 2. The van der Waals surface area contributed by atoms with Crippen LogP contribution in [0.15, 0.2) is 24.4 Å². The topological polar surface area (TPSA) is 88.6 Å². The van der Waals surface area contributed by atoms with Gasteiger partial charge in [-0.2, -0.15) is 0 Å². The van der Waals surface area contributed by atoms with Gasteiger partial charge in [0.25, 0.3) is 5.91 Å². The number of hydrogen-bond donors (Lipinski definition) is 1. The first-order valence-electron chi connectivity index (χ1n) is 10.2. The molecule has 2 aliphatic rings. The summed E-state index contributed by atoms with van der Waals surface area (Å²) in [6, 6.07) is 5.03. The second-order valence-electron chi connectivity index (χ2n) is 8.29. The lowest BCUT2D eigenvalue weighted by molar-refractivity contribution is -0.114. The number of likely N-dealkylation sites (tertiary alicyclic amines) is 1. The molecule has 0 unspecified atom stereocenters. The van der Waals surface area contributed by atoms with Crippen LogP contribution in [0.25, 0.3) is 0 Å². The van der Waals surface area contributed by atoms with Crippen molar-refractivity contribution >= 4 is 35.0 Å². The summed E-state index contributed by atoms with van der Waals surface area (Å²) in [6.45, 7) is 6.09. The maximum absolute atomic E-state index is 13.0. The highest BCUT2D eigenvalue weighted by Crippen LogP contribution is 2.43. The summed E-state index contributed by atoms with van der Waals surface area (Å²) >= 11 is 6.33. The molecule has 8 heteroatoms. The molecule has 2 amide bonds. The van der Waals surface area contributed by atoms with E-state index in [0.29, 0.717) is 53.6 Å². The highest BCUT2D eigenvalue weighted by atomic mass is 35.5. The maximum atomic E-state index is 13.0. The average molecular weight is 442 g/mol. The van der Waals surface area contributed by atoms with Crippen molar-refractivity contribution in [2.24, 2.45) is 0 Å². The number of nitrogens with one attached hydrogen (secondary N) is 1. The number of hydrogen-bond acceptors (Lipinski definition) is 5. The van der Waals surface area contributed by atoms with Gasteiger partial charge in [0.1, 0.15) is 17.2 Å². The van der Waals surface area contributed by atoms with Crippen LogP contribution in [0, 0.1) is 13.8 Å². The number of aryl methyl sites for hydroxylation is 1. The summed E-state index contributed by atoms with van der Waals surface area (Å²) in [7, 11) is 0. The number of carbonyl (C=O) groups excluding carboxylic acids is 3. The van der Waals surface area contributed by atoms with Crippen molar-refractivity contribution in [3.05, 3.63) is 51.7 Å². The molecule has 1 aromatic carbocycles. The van der Waals surface area contributed by atoms with Gasteiger partial charge in [0.05, 0.1) is 12.0 Å². The van der Waals surface area contributed by atoms with E-state index >= 15 is 0 Å². The minimum atomic E-state index is -0.604. The third-order valence-electron chi connectivity index (χ3n) is 6.01. The Labute approximate surface area is 185 Å². The SMILES string of the molecule is CC(=O)Nc1cc(C(=O)N2CCC3(CC2)CC(=O)c2c(cc(C)c(Cl)c2C)O3)ccn1. The Morgan fingerprint density at radius 1 is 1.23 bits per heavy atom.